The normalized spacial score (nSPS) is 14.4. The Morgan fingerprint density at radius 1 is 0.625 bits per heavy atom. The molecule has 0 aliphatic rings. The highest BCUT2D eigenvalue weighted by Gasteiger charge is 2.11. The Labute approximate surface area is 242 Å². The molecule has 4 atom stereocenters. The fraction of sp³-hybridized carbons (Fsp3) is 0.931. The molecule has 0 rings (SSSR count). The Morgan fingerprint density at radius 2 is 1.15 bits per heavy atom. The smallest absolute Gasteiger partial charge is 0.307 e. The molecule has 11 heteroatoms. The van der Waals surface area contributed by atoms with Gasteiger partial charge in [0, 0.05) is 39.8 Å². The van der Waals surface area contributed by atoms with Gasteiger partial charge in [0.2, 0.25) is 0 Å². The minimum absolute atomic E-state index is 0.00835. The number of ether oxygens (including phenoxy) is 8. The zero-order valence-corrected chi connectivity index (χ0v) is 25.9. The van der Waals surface area contributed by atoms with Crippen LogP contribution in [-0.4, -0.2) is 117 Å². The molecule has 0 fully saturated rings. The highest BCUT2D eigenvalue weighted by atomic mass is 16.6. The molecule has 0 aliphatic heterocycles. The van der Waals surface area contributed by atoms with Crippen molar-refractivity contribution >= 4 is 11.9 Å². The molecule has 0 saturated heterocycles. The van der Waals surface area contributed by atoms with Crippen molar-refractivity contribution in [3.05, 3.63) is 0 Å². The van der Waals surface area contributed by atoms with Gasteiger partial charge in [-0.3, -0.25) is 9.59 Å². The van der Waals surface area contributed by atoms with E-state index in [1.54, 1.807) is 14.2 Å². The fourth-order valence-corrected chi connectivity index (χ4v) is 3.39. The second kappa shape index (κ2) is 27.8. The molecule has 0 aromatic heterocycles. The summed E-state index contributed by atoms with van der Waals surface area (Å²) in [5, 5.41) is 3.25. The number of carbonyl (C=O) groups excluding carboxylic acids is 2. The predicted molar refractivity (Wildman–Crippen MR) is 152 cm³/mol. The standard InChI is InChI=1S/C29H57NO10/c1-24(20-39-26(3)22-35-18-16-33-5)10-9-11-28(31)37-14-7-8-15-38-29(32)12-13-30-25(2)21-40-27(4)23-36-19-17-34-6/h24-27,30H,7-23H2,1-6H3. The van der Waals surface area contributed by atoms with E-state index in [1.807, 2.05) is 20.8 Å². The van der Waals surface area contributed by atoms with Crippen molar-refractivity contribution in [2.45, 2.75) is 84.5 Å². The minimum atomic E-state index is -0.247. The Bertz CT molecular complexity index is 545. The van der Waals surface area contributed by atoms with Crippen molar-refractivity contribution in [2.24, 2.45) is 5.92 Å². The van der Waals surface area contributed by atoms with Crippen molar-refractivity contribution < 1.29 is 47.5 Å². The first-order valence-electron chi connectivity index (χ1n) is 14.7. The zero-order valence-electron chi connectivity index (χ0n) is 25.9. The van der Waals surface area contributed by atoms with Gasteiger partial charge < -0.3 is 43.2 Å². The first kappa shape index (κ1) is 38.7. The molecule has 238 valence electrons. The van der Waals surface area contributed by atoms with E-state index in [0.717, 1.165) is 12.8 Å². The zero-order chi connectivity index (χ0) is 29.8. The van der Waals surface area contributed by atoms with Crippen molar-refractivity contribution in [2.75, 3.05) is 86.8 Å². The lowest BCUT2D eigenvalue weighted by Crippen LogP contribution is -2.34. The first-order valence-corrected chi connectivity index (χ1v) is 14.7. The van der Waals surface area contributed by atoms with Gasteiger partial charge in [-0.15, -0.1) is 0 Å². The summed E-state index contributed by atoms with van der Waals surface area (Å²) in [7, 11) is 3.28. The average molecular weight is 580 g/mol. The summed E-state index contributed by atoms with van der Waals surface area (Å²) in [6.07, 6.45) is 3.68. The number of hydrogen-bond donors (Lipinski definition) is 1. The van der Waals surface area contributed by atoms with Crippen LogP contribution in [0, 0.1) is 5.92 Å². The van der Waals surface area contributed by atoms with Gasteiger partial charge >= 0.3 is 11.9 Å². The number of rotatable bonds is 29. The van der Waals surface area contributed by atoms with Gasteiger partial charge in [-0.2, -0.15) is 0 Å². The number of methoxy groups -OCH3 is 2. The van der Waals surface area contributed by atoms with E-state index in [-0.39, 0.29) is 30.2 Å². The lowest BCUT2D eigenvalue weighted by molar-refractivity contribution is -0.146. The monoisotopic (exact) mass is 579 g/mol. The van der Waals surface area contributed by atoms with Crippen LogP contribution in [0.2, 0.25) is 0 Å². The molecule has 0 aliphatic carbocycles. The van der Waals surface area contributed by atoms with E-state index in [2.05, 4.69) is 12.2 Å². The largest absolute Gasteiger partial charge is 0.466 e. The molecule has 0 heterocycles. The molecule has 0 aromatic carbocycles. The Morgan fingerprint density at radius 3 is 1.70 bits per heavy atom. The van der Waals surface area contributed by atoms with Gasteiger partial charge in [0.15, 0.2) is 0 Å². The fourth-order valence-electron chi connectivity index (χ4n) is 3.39. The van der Waals surface area contributed by atoms with Crippen LogP contribution in [0.1, 0.15) is 66.2 Å². The van der Waals surface area contributed by atoms with Gasteiger partial charge in [0.05, 0.1) is 78.1 Å². The molecule has 0 radical (unpaired) electrons. The average Bonchev–Trinajstić information content (AvgIpc) is 2.93. The first-order chi connectivity index (χ1) is 19.3. The van der Waals surface area contributed by atoms with E-state index in [0.29, 0.717) is 104 Å². The molecule has 11 nitrogen and oxygen atoms in total. The lowest BCUT2D eigenvalue weighted by Gasteiger charge is -2.18. The summed E-state index contributed by atoms with van der Waals surface area (Å²) in [5.41, 5.74) is 0. The summed E-state index contributed by atoms with van der Waals surface area (Å²) in [4.78, 5) is 23.8. The second-order valence-corrected chi connectivity index (χ2v) is 10.2. The number of hydrogen-bond acceptors (Lipinski definition) is 11. The summed E-state index contributed by atoms with van der Waals surface area (Å²) in [6.45, 7) is 13.7. The van der Waals surface area contributed by atoms with Crippen LogP contribution in [0.4, 0.5) is 0 Å². The van der Waals surface area contributed by atoms with E-state index in [9.17, 15) is 9.59 Å². The molecule has 4 unspecified atom stereocenters. The Kier molecular flexibility index (Phi) is 26.9. The molecule has 40 heavy (non-hydrogen) atoms. The molecule has 1 N–H and O–H groups in total. The topological polar surface area (TPSA) is 120 Å². The lowest BCUT2D eigenvalue weighted by atomic mass is 10.1. The number of nitrogens with one attached hydrogen (secondary N) is 1. The van der Waals surface area contributed by atoms with E-state index >= 15 is 0 Å². The number of esters is 2. The molecular formula is C29H57NO10. The van der Waals surface area contributed by atoms with Crippen LogP contribution >= 0.6 is 0 Å². The highest BCUT2D eigenvalue weighted by Crippen LogP contribution is 2.10. The quantitative estimate of drug-likeness (QED) is 0.104. The summed E-state index contributed by atoms with van der Waals surface area (Å²) >= 11 is 0. The minimum Gasteiger partial charge on any atom is -0.466 e. The summed E-state index contributed by atoms with van der Waals surface area (Å²) in [5.74, 6) is -0.0818. The Hall–Kier alpha value is -1.34. The van der Waals surface area contributed by atoms with Crippen molar-refractivity contribution in [3.63, 3.8) is 0 Å². The van der Waals surface area contributed by atoms with Gasteiger partial charge in [0.25, 0.3) is 0 Å². The summed E-state index contributed by atoms with van der Waals surface area (Å²) in [6, 6.07) is 0.112. The van der Waals surface area contributed by atoms with E-state index in [4.69, 9.17) is 37.9 Å². The van der Waals surface area contributed by atoms with Crippen LogP contribution in [-0.2, 0) is 47.5 Å². The van der Waals surface area contributed by atoms with E-state index < -0.39 is 0 Å². The van der Waals surface area contributed by atoms with Crippen LogP contribution in [0.3, 0.4) is 0 Å². The van der Waals surface area contributed by atoms with Gasteiger partial charge in [-0.1, -0.05) is 6.92 Å². The maximum Gasteiger partial charge on any atom is 0.307 e. The highest BCUT2D eigenvalue weighted by molar-refractivity contribution is 5.69. The van der Waals surface area contributed by atoms with Gasteiger partial charge in [-0.25, -0.2) is 0 Å². The molecular weight excluding hydrogens is 522 g/mol. The maximum atomic E-state index is 11.9. The third-order valence-corrected chi connectivity index (χ3v) is 5.83. The van der Waals surface area contributed by atoms with Crippen molar-refractivity contribution in [1.29, 1.82) is 0 Å². The van der Waals surface area contributed by atoms with Crippen LogP contribution in [0.25, 0.3) is 0 Å². The molecule has 0 bridgehead atoms. The van der Waals surface area contributed by atoms with Crippen LogP contribution < -0.4 is 5.32 Å². The van der Waals surface area contributed by atoms with Gasteiger partial charge in [-0.05, 0) is 52.4 Å². The third-order valence-electron chi connectivity index (χ3n) is 5.83. The Balaban J connectivity index is 3.59. The van der Waals surface area contributed by atoms with Crippen LogP contribution in [0.5, 0.6) is 0 Å². The SMILES string of the molecule is COCCOCC(C)OCC(C)CCCC(=O)OCCCCOC(=O)CCNC(C)COC(C)COCCOC. The van der Waals surface area contributed by atoms with Gasteiger partial charge in [0.1, 0.15) is 0 Å². The third kappa shape index (κ3) is 26.9. The molecule has 0 amide bonds. The number of unbranched alkanes of at least 4 members (excludes halogenated alkanes) is 1. The summed E-state index contributed by atoms with van der Waals surface area (Å²) < 4.78 is 42.8. The second-order valence-electron chi connectivity index (χ2n) is 10.2. The predicted octanol–water partition coefficient (Wildman–Crippen LogP) is 3.16. The molecule has 0 spiro atoms. The van der Waals surface area contributed by atoms with Crippen LogP contribution in [0.15, 0.2) is 0 Å². The molecule has 0 saturated carbocycles. The molecule has 0 aromatic rings. The van der Waals surface area contributed by atoms with Crippen molar-refractivity contribution in [3.8, 4) is 0 Å². The van der Waals surface area contributed by atoms with E-state index in [1.165, 1.54) is 0 Å². The maximum absolute atomic E-state index is 11.9. The van der Waals surface area contributed by atoms with Crippen molar-refractivity contribution in [1.82, 2.24) is 5.32 Å². The number of carbonyl (C=O) groups is 2.